The summed E-state index contributed by atoms with van der Waals surface area (Å²) >= 11 is 0. The van der Waals surface area contributed by atoms with Crippen LogP contribution in [-0.4, -0.2) is 43.0 Å². The second kappa shape index (κ2) is 7.55. The molecule has 2 unspecified atom stereocenters. The van der Waals surface area contributed by atoms with Crippen molar-refractivity contribution >= 4 is 5.84 Å². The third-order valence-electron chi connectivity index (χ3n) is 4.32. The number of benzene rings is 1. The standard InChI is InChI=1S/C17H26FN3/c1-4-21(5-2)11-10-19-17-12-16(13(3)20-17)14-6-8-15(18)9-7-14/h6-9,13,16H,4-5,10-12H2,1-3H3,(H,19,20). The Morgan fingerprint density at radius 1 is 1.24 bits per heavy atom. The maximum Gasteiger partial charge on any atom is 0.123 e. The minimum absolute atomic E-state index is 0.175. The molecule has 116 valence electrons. The summed E-state index contributed by atoms with van der Waals surface area (Å²) in [6.45, 7) is 10.5. The molecule has 1 aliphatic rings. The maximum absolute atomic E-state index is 13.0. The normalized spacial score (nSPS) is 23.8. The van der Waals surface area contributed by atoms with E-state index in [1.54, 1.807) is 0 Å². The number of rotatable bonds is 6. The third-order valence-corrected chi connectivity index (χ3v) is 4.32. The molecule has 0 aromatic heterocycles. The van der Waals surface area contributed by atoms with Gasteiger partial charge in [0.25, 0.3) is 0 Å². The number of hydrogen-bond acceptors (Lipinski definition) is 2. The van der Waals surface area contributed by atoms with Crippen LogP contribution in [0.4, 0.5) is 4.39 Å². The van der Waals surface area contributed by atoms with E-state index in [-0.39, 0.29) is 5.82 Å². The molecule has 1 N–H and O–H groups in total. The van der Waals surface area contributed by atoms with E-state index in [1.807, 2.05) is 12.1 Å². The molecule has 0 saturated carbocycles. The van der Waals surface area contributed by atoms with Gasteiger partial charge < -0.3 is 10.2 Å². The van der Waals surface area contributed by atoms with E-state index in [4.69, 9.17) is 4.99 Å². The summed E-state index contributed by atoms with van der Waals surface area (Å²) in [5, 5.41) is 3.46. The fourth-order valence-electron chi connectivity index (χ4n) is 2.90. The number of likely N-dealkylation sites (N-methyl/N-ethyl adjacent to an activating group) is 1. The first kappa shape index (κ1) is 16.0. The molecule has 2 atom stereocenters. The van der Waals surface area contributed by atoms with E-state index in [1.165, 1.54) is 17.7 Å². The zero-order valence-corrected chi connectivity index (χ0v) is 13.3. The van der Waals surface area contributed by atoms with Crippen LogP contribution in [0.2, 0.25) is 0 Å². The monoisotopic (exact) mass is 291 g/mol. The van der Waals surface area contributed by atoms with Gasteiger partial charge >= 0.3 is 0 Å². The van der Waals surface area contributed by atoms with Crippen molar-refractivity contribution in [3.8, 4) is 0 Å². The summed E-state index contributed by atoms with van der Waals surface area (Å²) in [4.78, 5) is 7.07. The fourth-order valence-corrected chi connectivity index (χ4v) is 2.90. The minimum Gasteiger partial charge on any atom is -0.371 e. The number of nitrogens with one attached hydrogen (secondary N) is 1. The van der Waals surface area contributed by atoms with Crippen LogP contribution >= 0.6 is 0 Å². The first-order valence-corrected chi connectivity index (χ1v) is 7.91. The van der Waals surface area contributed by atoms with Gasteiger partial charge in [0.2, 0.25) is 0 Å². The third kappa shape index (κ3) is 4.27. The molecule has 0 spiro atoms. The Balaban J connectivity index is 1.92. The van der Waals surface area contributed by atoms with Gasteiger partial charge in [-0.3, -0.25) is 4.99 Å². The van der Waals surface area contributed by atoms with Crippen molar-refractivity contribution in [1.82, 2.24) is 10.2 Å². The highest BCUT2D eigenvalue weighted by atomic mass is 19.1. The second-order valence-corrected chi connectivity index (χ2v) is 5.65. The van der Waals surface area contributed by atoms with Gasteiger partial charge in [-0.25, -0.2) is 4.39 Å². The van der Waals surface area contributed by atoms with Crippen LogP contribution in [0.1, 0.15) is 38.7 Å². The molecule has 0 amide bonds. The molecular formula is C17H26FN3. The Bertz CT molecular complexity index is 465. The topological polar surface area (TPSA) is 27.6 Å². The number of amidine groups is 1. The van der Waals surface area contributed by atoms with Gasteiger partial charge in [-0.15, -0.1) is 0 Å². The first-order valence-electron chi connectivity index (χ1n) is 7.91. The highest BCUT2D eigenvalue weighted by molar-refractivity contribution is 5.85. The van der Waals surface area contributed by atoms with Crippen molar-refractivity contribution in [1.29, 1.82) is 0 Å². The molecule has 1 saturated heterocycles. The Labute approximate surface area is 127 Å². The Morgan fingerprint density at radius 2 is 1.90 bits per heavy atom. The maximum atomic E-state index is 13.0. The highest BCUT2D eigenvalue weighted by Gasteiger charge is 2.28. The van der Waals surface area contributed by atoms with Gasteiger partial charge in [0, 0.05) is 24.9 Å². The van der Waals surface area contributed by atoms with Crippen LogP contribution < -0.4 is 5.32 Å². The molecule has 1 fully saturated rings. The van der Waals surface area contributed by atoms with Gasteiger partial charge in [0.05, 0.1) is 12.4 Å². The molecule has 1 heterocycles. The van der Waals surface area contributed by atoms with Crippen molar-refractivity contribution < 1.29 is 4.39 Å². The lowest BCUT2D eigenvalue weighted by Gasteiger charge is -2.16. The largest absolute Gasteiger partial charge is 0.371 e. The molecule has 21 heavy (non-hydrogen) atoms. The molecule has 3 nitrogen and oxygen atoms in total. The predicted octanol–water partition coefficient (Wildman–Crippen LogP) is 3.03. The zero-order valence-electron chi connectivity index (χ0n) is 13.3. The van der Waals surface area contributed by atoms with Gasteiger partial charge in [0.1, 0.15) is 5.82 Å². The van der Waals surface area contributed by atoms with E-state index in [9.17, 15) is 4.39 Å². The number of halogens is 1. The lowest BCUT2D eigenvalue weighted by atomic mass is 9.93. The van der Waals surface area contributed by atoms with Crippen LogP contribution in [0.25, 0.3) is 0 Å². The molecule has 1 aromatic carbocycles. The van der Waals surface area contributed by atoms with Gasteiger partial charge in [0.15, 0.2) is 0 Å². The SMILES string of the molecule is CCN(CC)CCN=C1CC(c2ccc(F)cc2)C(C)N1. The summed E-state index contributed by atoms with van der Waals surface area (Å²) in [6.07, 6.45) is 0.922. The predicted molar refractivity (Wildman–Crippen MR) is 86.4 cm³/mol. The number of aliphatic imine (C=N–C) groups is 1. The molecule has 1 aliphatic heterocycles. The van der Waals surface area contributed by atoms with Crippen molar-refractivity contribution in [2.75, 3.05) is 26.2 Å². The van der Waals surface area contributed by atoms with Crippen LogP contribution in [0.3, 0.4) is 0 Å². The quantitative estimate of drug-likeness (QED) is 0.872. The van der Waals surface area contributed by atoms with Crippen molar-refractivity contribution in [2.45, 2.75) is 39.2 Å². The molecular weight excluding hydrogens is 265 g/mol. The van der Waals surface area contributed by atoms with Crippen LogP contribution in [0.15, 0.2) is 29.3 Å². The van der Waals surface area contributed by atoms with E-state index >= 15 is 0 Å². The van der Waals surface area contributed by atoms with E-state index in [0.717, 1.165) is 38.4 Å². The summed E-state index contributed by atoms with van der Waals surface area (Å²) in [5.74, 6) is 1.30. The van der Waals surface area contributed by atoms with Crippen molar-refractivity contribution in [3.63, 3.8) is 0 Å². The van der Waals surface area contributed by atoms with E-state index in [2.05, 4.69) is 31.0 Å². The van der Waals surface area contributed by atoms with E-state index < -0.39 is 0 Å². The molecule has 0 bridgehead atoms. The van der Waals surface area contributed by atoms with Crippen LogP contribution in [-0.2, 0) is 0 Å². The first-order chi connectivity index (χ1) is 10.1. The molecule has 4 heteroatoms. The summed E-state index contributed by atoms with van der Waals surface area (Å²) < 4.78 is 13.0. The summed E-state index contributed by atoms with van der Waals surface area (Å²) in [5.41, 5.74) is 1.19. The lowest BCUT2D eigenvalue weighted by molar-refractivity contribution is 0.313. The van der Waals surface area contributed by atoms with E-state index in [0.29, 0.717) is 12.0 Å². The van der Waals surface area contributed by atoms with Gasteiger partial charge in [-0.05, 0) is 37.7 Å². The molecule has 1 aromatic rings. The molecule has 2 rings (SSSR count). The average molecular weight is 291 g/mol. The Kier molecular flexibility index (Phi) is 5.74. The Hall–Kier alpha value is -1.42. The summed E-state index contributed by atoms with van der Waals surface area (Å²) in [6, 6.07) is 7.20. The van der Waals surface area contributed by atoms with Crippen LogP contribution in [0.5, 0.6) is 0 Å². The lowest BCUT2D eigenvalue weighted by Crippen LogP contribution is -2.28. The van der Waals surface area contributed by atoms with Crippen molar-refractivity contribution in [3.05, 3.63) is 35.6 Å². The number of hydrogen-bond donors (Lipinski definition) is 1. The zero-order chi connectivity index (χ0) is 15.2. The van der Waals surface area contributed by atoms with Crippen molar-refractivity contribution in [2.24, 2.45) is 4.99 Å². The number of nitrogens with zero attached hydrogens (tertiary/aromatic N) is 2. The average Bonchev–Trinajstić information content (AvgIpc) is 2.85. The summed E-state index contributed by atoms with van der Waals surface area (Å²) in [7, 11) is 0. The molecule has 0 radical (unpaired) electrons. The smallest absolute Gasteiger partial charge is 0.123 e. The van der Waals surface area contributed by atoms with Gasteiger partial charge in [-0.1, -0.05) is 26.0 Å². The fraction of sp³-hybridized carbons (Fsp3) is 0.588. The van der Waals surface area contributed by atoms with Gasteiger partial charge in [-0.2, -0.15) is 0 Å². The highest BCUT2D eigenvalue weighted by Crippen LogP contribution is 2.28. The molecule has 0 aliphatic carbocycles. The van der Waals surface area contributed by atoms with Crippen LogP contribution in [0, 0.1) is 5.82 Å². The minimum atomic E-state index is -0.175. The second-order valence-electron chi connectivity index (χ2n) is 5.65. The Morgan fingerprint density at radius 3 is 2.52 bits per heavy atom.